The number of fused-ring (bicyclic) bond motifs is 1. The number of anilines is 1. The van der Waals surface area contributed by atoms with E-state index in [9.17, 15) is 18.0 Å². The quantitative estimate of drug-likeness (QED) is 0.125. The van der Waals surface area contributed by atoms with E-state index in [0.717, 1.165) is 8.66 Å². The highest BCUT2D eigenvalue weighted by molar-refractivity contribution is 9.11. The Kier molecular flexibility index (Phi) is 10.5. The Balaban J connectivity index is 1.55. The van der Waals surface area contributed by atoms with Crippen LogP contribution in [0.1, 0.15) is 50.8 Å². The number of ether oxygens (including phenoxy) is 1. The van der Waals surface area contributed by atoms with Crippen molar-refractivity contribution in [3.05, 3.63) is 114 Å². The molecule has 5 aromatic rings. The van der Waals surface area contributed by atoms with Crippen molar-refractivity contribution in [2.45, 2.75) is 38.8 Å². The number of carbonyl (C=O) groups is 2. The predicted octanol–water partition coefficient (Wildman–Crippen LogP) is 9.11. The Morgan fingerprint density at radius 3 is 2.41 bits per heavy atom. The van der Waals surface area contributed by atoms with E-state index in [-0.39, 0.29) is 42.8 Å². The van der Waals surface area contributed by atoms with Gasteiger partial charge >= 0.3 is 5.97 Å². The van der Waals surface area contributed by atoms with Gasteiger partial charge in [-0.25, -0.2) is 13.2 Å². The van der Waals surface area contributed by atoms with Gasteiger partial charge in [0.1, 0.15) is 5.58 Å². The number of nitrogens with zero attached hydrogens (tertiary/aromatic N) is 2. The molecule has 0 fully saturated rings. The molecule has 0 radical (unpaired) electrons. The third-order valence-electron chi connectivity index (χ3n) is 7.28. The fraction of sp³-hybridized carbons (Fsp3) is 0.212. The number of benzene rings is 3. The molecule has 0 saturated carbocycles. The van der Waals surface area contributed by atoms with Gasteiger partial charge < -0.3 is 14.1 Å². The zero-order valence-corrected chi connectivity index (χ0v) is 29.8. The van der Waals surface area contributed by atoms with Gasteiger partial charge in [-0.05, 0) is 103 Å². The maximum atomic E-state index is 14.2. The van der Waals surface area contributed by atoms with Crippen LogP contribution < -0.4 is 4.31 Å². The summed E-state index contributed by atoms with van der Waals surface area (Å²) in [6, 6.07) is 20.0. The number of rotatable bonds is 11. The van der Waals surface area contributed by atoms with Crippen LogP contribution in [0.15, 0.2) is 85.9 Å². The molecule has 0 unspecified atom stereocenters. The SMILES string of the molecule is CCOC(=O)c1oc2ccc(S(=O)(=O)N(CC)c3ccc(Cl)cc3CN(Cc3ccc(Br)s3)C(=O)c3ccccc3Cl)cc2c1C. The molecule has 0 saturated heterocycles. The Morgan fingerprint density at radius 1 is 0.978 bits per heavy atom. The molecule has 0 N–H and O–H groups in total. The Labute approximate surface area is 289 Å². The molecule has 5 rings (SSSR count). The van der Waals surface area contributed by atoms with Crippen LogP contribution in [0, 0.1) is 6.92 Å². The van der Waals surface area contributed by atoms with Crippen molar-refractivity contribution in [1.29, 1.82) is 0 Å². The van der Waals surface area contributed by atoms with Crippen molar-refractivity contribution in [1.82, 2.24) is 4.90 Å². The Bertz CT molecular complexity index is 2040. The summed E-state index contributed by atoms with van der Waals surface area (Å²) in [5, 5.41) is 1.18. The summed E-state index contributed by atoms with van der Waals surface area (Å²) in [5.74, 6) is -0.905. The molecule has 8 nitrogen and oxygen atoms in total. The van der Waals surface area contributed by atoms with E-state index in [0.29, 0.717) is 43.4 Å². The minimum atomic E-state index is -4.14. The van der Waals surface area contributed by atoms with Gasteiger partial charge in [-0.1, -0.05) is 35.3 Å². The third kappa shape index (κ3) is 6.99. The summed E-state index contributed by atoms with van der Waals surface area (Å²) < 4.78 is 41.5. The largest absolute Gasteiger partial charge is 0.460 e. The Hall–Kier alpha value is -3.35. The number of furan rings is 1. The van der Waals surface area contributed by atoms with E-state index < -0.39 is 16.0 Å². The van der Waals surface area contributed by atoms with Crippen molar-refractivity contribution < 1.29 is 27.2 Å². The highest BCUT2D eigenvalue weighted by Crippen LogP contribution is 2.34. The van der Waals surface area contributed by atoms with Gasteiger partial charge in [0, 0.05) is 33.9 Å². The molecule has 0 aliphatic heterocycles. The van der Waals surface area contributed by atoms with Gasteiger partial charge in [-0.2, -0.15) is 0 Å². The van der Waals surface area contributed by atoms with E-state index in [1.165, 1.54) is 33.8 Å². The predicted molar refractivity (Wildman–Crippen MR) is 186 cm³/mol. The van der Waals surface area contributed by atoms with E-state index in [4.69, 9.17) is 32.4 Å². The van der Waals surface area contributed by atoms with Crippen LogP contribution in [0.25, 0.3) is 11.0 Å². The number of esters is 1. The molecule has 1 amide bonds. The maximum absolute atomic E-state index is 14.2. The zero-order chi connectivity index (χ0) is 33.2. The topological polar surface area (TPSA) is 97.1 Å². The molecular formula is C33H29BrCl2N2O6S2. The third-order valence-corrected chi connectivity index (χ3v) is 11.3. The fourth-order valence-corrected chi connectivity index (χ4v) is 8.56. The monoisotopic (exact) mass is 762 g/mol. The van der Waals surface area contributed by atoms with Gasteiger partial charge in [0.15, 0.2) is 0 Å². The second-order valence-electron chi connectivity index (χ2n) is 10.2. The molecule has 0 bridgehead atoms. The lowest BCUT2D eigenvalue weighted by Crippen LogP contribution is -2.34. The molecule has 2 heterocycles. The summed E-state index contributed by atoms with van der Waals surface area (Å²) in [6.45, 7) is 5.67. The lowest BCUT2D eigenvalue weighted by molar-refractivity contribution is 0.0491. The van der Waals surface area contributed by atoms with Crippen LogP contribution >= 0.6 is 50.5 Å². The van der Waals surface area contributed by atoms with Gasteiger partial charge in [0.05, 0.1) is 38.1 Å². The molecule has 0 spiro atoms. The number of sulfonamides is 1. The summed E-state index contributed by atoms with van der Waals surface area (Å²) in [4.78, 5) is 28.8. The summed E-state index contributed by atoms with van der Waals surface area (Å²) in [6.07, 6.45) is 0. The average molecular weight is 765 g/mol. The Morgan fingerprint density at radius 2 is 1.74 bits per heavy atom. The first kappa shape index (κ1) is 34.0. The van der Waals surface area contributed by atoms with E-state index in [1.54, 1.807) is 68.1 Å². The molecule has 2 aromatic heterocycles. The first-order valence-electron chi connectivity index (χ1n) is 14.2. The minimum Gasteiger partial charge on any atom is -0.460 e. The lowest BCUT2D eigenvalue weighted by atomic mass is 10.1. The van der Waals surface area contributed by atoms with E-state index >= 15 is 0 Å². The van der Waals surface area contributed by atoms with Crippen LogP contribution in [-0.4, -0.2) is 38.3 Å². The first-order chi connectivity index (χ1) is 21.9. The van der Waals surface area contributed by atoms with Crippen LogP contribution in [0.3, 0.4) is 0 Å². The zero-order valence-electron chi connectivity index (χ0n) is 25.1. The minimum absolute atomic E-state index is 0.00879. The molecule has 3 aromatic carbocycles. The normalized spacial score (nSPS) is 11.5. The summed E-state index contributed by atoms with van der Waals surface area (Å²) >= 11 is 17.9. The van der Waals surface area contributed by atoms with E-state index in [2.05, 4.69) is 15.9 Å². The van der Waals surface area contributed by atoms with Crippen molar-refractivity contribution in [3.63, 3.8) is 0 Å². The highest BCUT2D eigenvalue weighted by atomic mass is 79.9. The van der Waals surface area contributed by atoms with Crippen LogP contribution in [0.5, 0.6) is 0 Å². The molecular weight excluding hydrogens is 735 g/mol. The van der Waals surface area contributed by atoms with Crippen molar-refractivity contribution >= 4 is 89.0 Å². The number of amides is 1. The number of carbonyl (C=O) groups excluding carboxylic acids is 2. The van der Waals surface area contributed by atoms with Crippen LogP contribution in [-0.2, 0) is 27.8 Å². The fourth-order valence-electron chi connectivity index (χ4n) is 5.11. The highest BCUT2D eigenvalue weighted by Gasteiger charge is 2.29. The average Bonchev–Trinajstić information content (AvgIpc) is 3.59. The van der Waals surface area contributed by atoms with Crippen molar-refractivity contribution in [3.8, 4) is 0 Å². The van der Waals surface area contributed by atoms with E-state index in [1.807, 2.05) is 12.1 Å². The van der Waals surface area contributed by atoms with Gasteiger partial charge in [-0.15, -0.1) is 11.3 Å². The van der Waals surface area contributed by atoms with Gasteiger partial charge in [0.25, 0.3) is 15.9 Å². The number of aryl methyl sites for hydroxylation is 1. The first-order valence-corrected chi connectivity index (χ1v) is 18.0. The molecule has 0 atom stereocenters. The van der Waals surface area contributed by atoms with Gasteiger partial charge in [0.2, 0.25) is 5.76 Å². The summed E-state index contributed by atoms with van der Waals surface area (Å²) in [7, 11) is -4.14. The summed E-state index contributed by atoms with van der Waals surface area (Å²) in [5.41, 5.74) is 2.07. The second-order valence-corrected chi connectivity index (χ2v) is 15.5. The molecule has 0 aliphatic rings. The number of thiophene rings is 1. The maximum Gasteiger partial charge on any atom is 0.374 e. The van der Waals surface area contributed by atoms with Crippen molar-refractivity contribution in [2.24, 2.45) is 0 Å². The molecule has 240 valence electrons. The van der Waals surface area contributed by atoms with Gasteiger partial charge in [-0.3, -0.25) is 9.10 Å². The lowest BCUT2D eigenvalue weighted by Gasteiger charge is -2.29. The standard InChI is InChI=1S/C33H29BrCl2N2O6S2/c1-4-38(46(41,42)24-12-14-29-26(17-24)20(3)31(44-29)33(40)43-5-2)28-13-10-22(35)16-21(28)18-37(19-23-11-15-30(34)45-23)32(39)25-8-6-7-9-27(25)36/h6-17H,4-5,18-19H2,1-3H3. The van der Waals surface area contributed by atoms with Crippen LogP contribution in [0.4, 0.5) is 5.69 Å². The van der Waals surface area contributed by atoms with Crippen LogP contribution in [0.2, 0.25) is 10.0 Å². The molecule has 46 heavy (non-hydrogen) atoms. The van der Waals surface area contributed by atoms with Crippen molar-refractivity contribution in [2.75, 3.05) is 17.5 Å². The number of halogens is 3. The second kappa shape index (κ2) is 14.2. The number of hydrogen-bond donors (Lipinski definition) is 0. The molecule has 0 aliphatic carbocycles. The number of hydrogen-bond acceptors (Lipinski definition) is 7. The molecule has 13 heteroatoms. The smallest absolute Gasteiger partial charge is 0.374 e.